The van der Waals surface area contributed by atoms with E-state index >= 15 is 0 Å². The minimum Gasteiger partial charge on any atom is -0.496 e. The summed E-state index contributed by atoms with van der Waals surface area (Å²) < 4.78 is 29.1. The maximum atomic E-state index is 13.5. The highest BCUT2D eigenvalue weighted by Crippen LogP contribution is 2.27. The van der Waals surface area contributed by atoms with E-state index in [1.54, 1.807) is 32.4 Å². The number of methoxy groups -OCH3 is 2. The fraction of sp³-hybridized carbons (Fsp3) is 0.278. The van der Waals surface area contributed by atoms with Crippen molar-refractivity contribution >= 4 is 11.6 Å². The first-order valence-electron chi connectivity index (χ1n) is 7.42. The molecule has 0 aliphatic heterocycles. The molecule has 0 aliphatic carbocycles. The Labute approximate surface area is 140 Å². The van der Waals surface area contributed by atoms with Crippen LogP contribution in [0.5, 0.6) is 11.5 Å². The summed E-state index contributed by atoms with van der Waals surface area (Å²) in [6, 6.07) is 9.05. The molecule has 0 saturated heterocycles. The van der Waals surface area contributed by atoms with Gasteiger partial charge in [-0.2, -0.15) is 0 Å². The highest BCUT2D eigenvalue weighted by Gasteiger charge is 2.13. The van der Waals surface area contributed by atoms with Gasteiger partial charge in [-0.05, 0) is 36.8 Å². The van der Waals surface area contributed by atoms with E-state index in [0.29, 0.717) is 30.3 Å². The van der Waals surface area contributed by atoms with E-state index in [4.69, 9.17) is 14.2 Å². The molecule has 0 aromatic heterocycles. The molecule has 1 amide bonds. The summed E-state index contributed by atoms with van der Waals surface area (Å²) in [5.41, 5.74) is 1.59. The predicted molar refractivity (Wildman–Crippen MR) is 89.5 cm³/mol. The van der Waals surface area contributed by atoms with Crippen LogP contribution in [0.25, 0.3) is 0 Å². The van der Waals surface area contributed by atoms with Gasteiger partial charge in [0.25, 0.3) is 5.91 Å². The van der Waals surface area contributed by atoms with Crippen molar-refractivity contribution in [1.29, 1.82) is 0 Å². The van der Waals surface area contributed by atoms with Crippen molar-refractivity contribution in [3.63, 3.8) is 0 Å². The SMILES string of the molecule is COCCOc1ccc(F)cc1NC(=O)c1ccc(C)c(OC)c1. The summed E-state index contributed by atoms with van der Waals surface area (Å²) in [4.78, 5) is 12.4. The molecule has 2 aromatic carbocycles. The third kappa shape index (κ3) is 4.45. The Morgan fingerprint density at radius 2 is 1.88 bits per heavy atom. The zero-order valence-corrected chi connectivity index (χ0v) is 13.9. The van der Waals surface area contributed by atoms with Gasteiger partial charge in [0.15, 0.2) is 0 Å². The second-order valence-corrected chi connectivity index (χ2v) is 5.12. The van der Waals surface area contributed by atoms with Crippen LogP contribution in [0, 0.1) is 12.7 Å². The van der Waals surface area contributed by atoms with Crippen LogP contribution in [-0.4, -0.2) is 33.3 Å². The molecule has 1 N–H and O–H groups in total. The van der Waals surface area contributed by atoms with Crippen LogP contribution in [0.1, 0.15) is 15.9 Å². The van der Waals surface area contributed by atoms with Gasteiger partial charge in [0.1, 0.15) is 23.9 Å². The first-order chi connectivity index (χ1) is 11.5. The molecule has 2 aromatic rings. The molecular weight excluding hydrogens is 313 g/mol. The molecule has 0 heterocycles. The average Bonchev–Trinajstić information content (AvgIpc) is 2.57. The topological polar surface area (TPSA) is 56.8 Å². The second kappa shape index (κ2) is 8.31. The molecule has 2 rings (SSSR count). The lowest BCUT2D eigenvalue weighted by Crippen LogP contribution is -2.14. The van der Waals surface area contributed by atoms with Gasteiger partial charge in [0.2, 0.25) is 0 Å². The van der Waals surface area contributed by atoms with Gasteiger partial charge >= 0.3 is 0 Å². The number of carbonyl (C=O) groups excluding carboxylic acids is 1. The molecule has 0 spiro atoms. The number of aryl methyl sites for hydroxylation is 1. The second-order valence-electron chi connectivity index (χ2n) is 5.12. The monoisotopic (exact) mass is 333 g/mol. The standard InChI is InChI=1S/C18H20FNO4/c1-12-4-5-13(10-17(12)23-3)18(21)20-15-11-14(19)6-7-16(15)24-9-8-22-2/h4-7,10-11H,8-9H2,1-3H3,(H,20,21). The highest BCUT2D eigenvalue weighted by molar-refractivity contribution is 6.05. The average molecular weight is 333 g/mol. The van der Waals surface area contributed by atoms with Crippen molar-refractivity contribution < 1.29 is 23.4 Å². The quantitative estimate of drug-likeness (QED) is 0.789. The van der Waals surface area contributed by atoms with Gasteiger partial charge in [0, 0.05) is 18.7 Å². The fourth-order valence-corrected chi connectivity index (χ4v) is 2.12. The lowest BCUT2D eigenvalue weighted by atomic mass is 10.1. The van der Waals surface area contributed by atoms with E-state index in [1.807, 2.05) is 6.92 Å². The van der Waals surface area contributed by atoms with Gasteiger partial charge in [-0.1, -0.05) is 6.07 Å². The van der Waals surface area contributed by atoms with Crippen molar-refractivity contribution in [2.45, 2.75) is 6.92 Å². The van der Waals surface area contributed by atoms with Gasteiger partial charge in [-0.25, -0.2) is 4.39 Å². The minimum absolute atomic E-state index is 0.260. The molecule has 5 nitrogen and oxygen atoms in total. The Hall–Kier alpha value is -2.60. The van der Waals surface area contributed by atoms with Crippen LogP contribution in [0.2, 0.25) is 0 Å². The van der Waals surface area contributed by atoms with Crippen molar-refractivity contribution in [1.82, 2.24) is 0 Å². The zero-order chi connectivity index (χ0) is 17.5. The number of carbonyl (C=O) groups is 1. The summed E-state index contributed by atoms with van der Waals surface area (Å²) >= 11 is 0. The Kier molecular flexibility index (Phi) is 6.14. The largest absolute Gasteiger partial charge is 0.496 e. The Morgan fingerprint density at radius 1 is 1.08 bits per heavy atom. The summed E-state index contributed by atoms with van der Waals surface area (Å²) in [6.07, 6.45) is 0. The highest BCUT2D eigenvalue weighted by atomic mass is 19.1. The molecule has 0 saturated carbocycles. The predicted octanol–water partition coefficient (Wildman–Crippen LogP) is 3.42. The molecule has 128 valence electrons. The number of ether oxygens (including phenoxy) is 3. The lowest BCUT2D eigenvalue weighted by Gasteiger charge is -2.13. The molecule has 0 atom stereocenters. The van der Waals surface area contributed by atoms with Crippen molar-refractivity contribution in [2.24, 2.45) is 0 Å². The maximum absolute atomic E-state index is 13.5. The van der Waals surface area contributed by atoms with Crippen LogP contribution in [0.4, 0.5) is 10.1 Å². The Morgan fingerprint density at radius 3 is 2.58 bits per heavy atom. The Bertz CT molecular complexity index is 718. The summed E-state index contributed by atoms with van der Waals surface area (Å²) in [7, 11) is 3.10. The molecular formula is C18H20FNO4. The fourth-order valence-electron chi connectivity index (χ4n) is 2.12. The smallest absolute Gasteiger partial charge is 0.255 e. The molecule has 6 heteroatoms. The third-order valence-electron chi connectivity index (χ3n) is 3.41. The molecule has 0 radical (unpaired) electrons. The van der Waals surface area contributed by atoms with Crippen LogP contribution in [0.15, 0.2) is 36.4 Å². The number of nitrogens with one attached hydrogen (secondary N) is 1. The number of amides is 1. The number of halogens is 1. The summed E-state index contributed by atoms with van der Waals surface area (Å²) in [6.45, 7) is 2.57. The zero-order valence-electron chi connectivity index (χ0n) is 13.9. The van der Waals surface area contributed by atoms with Gasteiger partial charge < -0.3 is 19.5 Å². The molecule has 0 aliphatic rings. The molecule has 0 unspecified atom stereocenters. The number of hydrogen-bond acceptors (Lipinski definition) is 4. The van der Waals surface area contributed by atoms with Gasteiger partial charge in [-0.3, -0.25) is 4.79 Å². The van der Waals surface area contributed by atoms with Gasteiger partial charge in [0.05, 0.1) is 19.4 Å². The van der Waals surface area contributed by atoms with Crippen LogP contribution >= 0.6 is 0 Å². The lowest BCUT2D eigenvalue weighted by molar-refractivity contribution is 0.102. The van der Waals surface area contributed by atoms with E-state index in [0.717, 1.165) is 5.56 Å². The first-order valence-corrected chi connectivity index (χ1v) is 7.42. The van der Waals surface area contributed by atoms with E-state index in [1.165, 1.54) is 18.2 Å². The molecule has 24 heavy (non-hydrogen) atoms. The van der Waals surface area contributed by atoms with E-state index < -0.39 is 5.82 Å². The van der Waals surface area contributed by atoms with Crippen molar-refractivity contribution in [3.8, 4) is 11.5 Å². The number of rotatable bonds is 7. The number of anilines is 1. The normalized spacial score (nSPS) is 10.3. The van der Waals surface area contributed by atoms with E-state index in [2.05, 4.69) is 5.32 Å². The van der Waals surface area contributed by atoms with E-state index in [-0.39, 0.29) is 11.6 Å². The third-order valence-corrected chi connectivity index (χ3v) is 3.41. The van der Waals surface area contributed by atoms with Crippen LogP contribution < -0.4 is 14.8 Å². The minimum atomic E-state index is -0.467. The summed E-state index contributed by atoms with van der Waals surface area (Å²) in [5.74, 6) is 0.140. The first kappa shape index (κ1) is 17.7. The van der Waals surface area contributed by atoms with Crippen LogP contribution in [-0.2, 0) is 4.74 Å². The van der Waals surface area contributed by atoms with E-state index in [9.17, 15) is 9.18 Å². The number of hydrogen-bond donors (Lipinski definition) is 1. The van der Waals surface area contributed by atoms with Crippen molar-refractivity contribution in [2.75, 3.05) is 32.8 Å². The Balaban J connectivity index is 2.20. The van der Waals surface area contributed by atoms with Gasteiger partial charge in [-0.15, -0.1) is 0 Å². The summed E-state index contributed by atoms with van der Waals surface area (Å²) in [5, 5.41) is 2.67. The van der Waals surface area contributed by atoms with Crippen LogP contribution in [0.3, 0.4) is 0 Å². The molecule has 0 bridgehead atoms. The molecule has 0 fully saturated rings. The number of benzene rings is 2. The maximum Gasteiger partial charge on any atom is 0.255 e. The van der Waals surface area contributed by atoms with Crippen molar-refractivity contribution in [3.05, 3.63) is 53.3 Å².